The maximum absolute atomic E-state index is 9.82. The van der Waals surface area contributed by atoms with Crippen molar-refractivity contribution in [3.63, 3.8) is 0 Å². The molecule has 3 aromatic rings. The van der Waals surface area contributed by atoms with Crippen molar-refractivity contribution in [3.05, 3.63) is 59.0 Å². The van der Waals surface area contributed by atoms with Crippen molar-refractivity contribution in [2.75, 3.05) is 6.61 Å². The Kier molecular flexibility index (Phi) is 5.68. The molecule has 1 atom stereocenters. The second-order valence-corrected chi connectivity index (χ2v) is 6.62. The number of aryl methyl sites for hydroxylation is 1. The summed E-state index contributed by atoms with van der Waals surface area (Å²) >= 11 is 6.44. The fourth-order valence-electron chi connectivity index (χ4n) is 3.20. The van der Waals surface area contributed by atoms with E-state index in [4.69, 9.17) is 11.6 Å². The van der Waals surface area contributed by atoms with Gasteiger partial charge in [-0.05, 0) is 30.2 Å². The fourth-order valence-corrected chi connectivity index (χ4v) is 3.48. The molecule has 0 saturated carbocycles. The molecule has 6 heteroatoms. The van der Waals surface area contributed by atoms with Gasteiger partial charge in [0.25, 0.3) is 0 Å². The zero-order valence-corrected chi connectivity index (χ0v) is 15.3. The molecule has 0 amide bonds. The van der Waals surface area contributed by atoms with E-state index in [0.29, 0.717) is 18.1 Å². The van der Waals surface area contributed by atoms with Gasteiger partial charge in [-0.1, -0.05) is 30.7 Å². The summed E-state index contributed by atoms with van der Waals surface area (Å²) in [7, 11) is 1.93. The van der Waals surface area contributed by atoms with E-state index in [0.717, 1.165) is 28.6 Å². The molecule has 3 rings (SSSR count). The minimum atomic E-state index is 0.0553. The van der Waals surface area contributed by atoms with Gasteiger partial charge in [0.15, 0.2) is 0 Å². The lowest BCUT2D eigenvalue weighted by atomic mass is 10.1. The van der Waals surface area contributed by atoms with E-state index in [-0.39, 0.29) is 12.6 Å². The van der Waals surface area contributed by atoms with Crippen LogP contribution in [-0.4, -0.2) is 37.4 Å². The number of pyridine rings is 1. The smallest absolute Gasteiger partial charge is 0.0858 e. The summed E-state index contributed by atoms with van der Waals surface area (Å²) < 4.78 is 1.86. The third-order valence-electron chi connectivity index (χ3n) is 4.56. The summed E-state index contributed by atoms with van der Waals surface area (Å²) in [5.74, 6) is 0. The number of rotatable bonds is 7. The molecular formula is C19H23ClN4O. The van der Waals surface area contributed by atoms with Gasteiger partial charge in [0.2, 0.25) is 0 Å². The first kappa shape index (κ1) is 17.9. The van der Waals surface area contributed by atoms with Crippen molar-refractivity contribution < 1.29 is 5.11 Å². The monoisotopic (exact) mass is 358 g/mol. The molecule has 0 aliphatic rings. The van der Waals surface area contributed by atoms with Crippen molar-refractivity contribution in [1.82, 2.24) is 19.7 Å². The van der Waals surface area contributed by atoms with Crippen LogP contribution in [0.4, 0.5) is 0 Å². The Bertz CT molecular complexity index is 830. The van der Waals surface area contributed by atoms with Crippen molar-refractivity contribution in [2.45, 2.75) is 32.5 Å². The van der Waals surface area contributed by atoms with Gasteiger partial charge in [0.05, 0.1) is 22.8 Å². The molecule has 0 saturated heterocycles. The Morgan fingerprint density at radius 1 is 1.24 bits per heavy atom. The van der Waals surface area contributed by atoms with Crippen LogP contribution in [0.3, 0.4) is 0 Å². The summed E-state index contributed by atoms with van der Waals surface area (Å²) in [6.07, 6.45) is 4.49. The SMILES string of the molecule is CC[C@H](CO)N(Cc1cccnc1)Cc1nn(C)c2cccc(Cl)c12. The van der Waals surface area contributed by atoms with Crippen LogP contribution in [0.1, 0.15) is 24.6 Å². The van der Waals surface area contributed by atoms with Crippen molar-refractivity contribution in [3.8, 4) is 0 Å². The van der Waals surface area contributed by atoms with Crippen LogP contribution in [0, 0.1) is 0 Å². The summed E-state index contributed by atoms with van der Waals surface area (Å²) in [5, 5.41) is 16.2. The van der Waals surface area contributed by atoms with Crippen LogP contribution in [-0.2, 0) is 20.1 Å². The van der Waals surface area contributed by atoms with E-state index in [9.17, 15) is 5.11 Å². The quantitative estimate of drug-likeness (QED) is 0.703. The predicted octanol–water partition coefficient (Wildman–Crippen LogP) is 3.39. The van der Waals surface area contributed by atoms with E-state index < -0.39 is 0 Å². The van der Waals surface area contributed by atoms with Crippen molar-refractivity contribution in [1.29, 1.82) is 0 Å². The van der Waals surface area contributed by atoms with Gasteiger partial charge in [-0.2, -0.15) is 5.10 Å². The number of nitrogens with zero attached hydrogens (tertiary/aromatic N) is 4. The van der Waals surface area contributed by atoms with Crippen LogP contribution < -0.4 is 0 Å². The van der Waals surface area contributed by atoms with Crippen LogP contribution >= 0.6 is 11.6 Å². The molecule has 132 valence electrons. The van der Waals surface area contributed by atoms with Gasteiger partial charge in [-0.15, -0.1) is 0 Å². The number of aromatic nitrogens is 3. The highest BCUT2D eigenvalue weighted by atomic mass is 35.5. The molecule has 0 radical (unpaired) electrons. The topological polar surface area (TPSA) is 54.2 Å². The summed E-state index contributed by atoms with van der Waals surface area (Å²) in [6, 6.07) is 9.89. The molecule has 2 aromatic heterocycles. The minimum Gasteiger partial charge on any atom is -0.395 e. The Morgan fingerprint density at radius 3 is 2.76 bits per heavy atom. The van der Waals surface area contributed by atoms with Crippen LogP contribution in [0.15, 0.2) is 42.7 Å². The molecule has 1 aromatic carbocycles. The average molecular weight is 359 g/mol. The van der Waals surface area contributed by atoms with E-state index in [1.54, 1.807) is 6.20 Å². The van der Waals surface area contributed by atoms with Crippen molar-refractivity contribution >= 4 is 22.5 Å². The zero-order valence-electron chi connectivity index (χ0n) is 14.6. The van der Waals surface area contributed by atoms with Crippen LogP contribution in [0.5, 0.6) is 0 Å². The first-order valence-electron chi connectivity index (χ1n) is 8.48. The third-order valence-corrected chi connectivity index (χ3v) is 4.87. The standard InChI is InChI=1S/C19H23ClN4O/c1-3-15(13-25)24(11-14-6-5-9-21-10-14)12-17-19-16(20)7-4-8-18(19)23(2)22-17/h4-10,15,25H,3,11-13H2,1-2H3/t15-/m1/s1. The molecule has 0 fully saturated rings. The lowest BCUT2D eigenvalue weighted by molar-refractivity contribution is 0.105. The van der Waals surface area contributed by atoms with Gasteiger partial charge in [-0.25, -0.2) is 0 Å². The molecule has 0 unspecified atom stereocenters. The Balaban J connectivity index is 1.95. The highest BCUT2D eigenvalue weighted by Crippen LogP contribution is 2.28. The first-order chi connectivity index (χ1) is 12.1. The fraction of sp³-hybridized carbons (Fsp3) is 0.368. The van der Waals surface area contributed by atoms with Gasteiger partial charge in [-0.3, -0.25) is 14.6 Å². The predicted molar refractivity (Wildman–Crippen MR) is 100 cm³/mol. The number of hydrogen-bond acceptors (Lipinski definition) is 4. The molecule has 0 spiro atoms. The normalized spacial score (nSPS) is 12.8. The average Bonchev–Trinajstić information content (AvgIpc) is 2.94. The maximum atomic E-state index is 9.82. The first-order valence-corrected chi connectivity index (χ1v) is 8.85. The van der Waals surface area contributed by atoms with E-state index in [1.807, 2.05) is 48.3 Å². The maximum Gasteiger partial charge on any atom is 0.0858 e. The molecule has 2 heterocycles. The number of hydrogen-bond donors (Lipinski definition) is 1. The third kappa shape index (κ3) is 3.84. The van der Waals surface area contributed by atoms with E-state index >= 15 is 0 Å². The Morgan fingerprint density at radius 2 is 2.08 bits per heavy atom. The van der Waals surface area contributed by atoms with Gasteiger partial charge < -0.3 is 5.11 Å². The largest absolute Gasteiger partial charge is 0.395 e. The zero-order chi connectivity index (χ0) is 17.8. The molecule has 0 aliphatic carbocycles. The summed E-state index contributed by atoms with van der Waals surface area (Å²) in [4.78, 5) is 6.43. The molecule has 1 N–H and O–H groups in total. The van der Waals surface area contributed by atoms with Gasteiger partial charge in [0, 0.05) is 44.0 Å². The number of aliphatic hydroxyl groups is 1. The Hall–Kier alpha value is -1.95. The second-order valence-electron chi connectivity index (χ2n) is 6.22. The number of aliphatic hydroxyl groups excluding tert-OH is 1. The molecule has 0 aliphatic heterocycles. The highest BCUT2D eigenvalue weighted by Gasteiger charge is 2.21. The second kappa shape index (κ2) is 7.95. The van der Waals surface area contributed by atoms with Crippen LogP contribution in [0.2, 0.25) is 5.02 Å². The number of benzene rings is 1. The molecule has 0 bridgehead atoms. The summed E-state index contributed by atoms with van der Waals surface area (Å²) in [5.41, 5.74) is 3.06. The van der Waals surface area contributed by atoms with Crippen molar-refractivity contribution in [2.24, 2.45) is 7.05 Å². The molecule has 5 nitrogen and oxygen atoms in total. The van der Waals surface area contributed by atoms with Gasteiger partial charge in [0.1, 0.15) is 0 Å². The number of fused-ring (bicyclic) bond motifs is 1. The lowest BCUT2D eigenvalue weighted by Gasteiger charge is -2.29. The highest BCUT2D eigenvalue weighted by molar-refractivity contribution is 6.35. The van der Waals surface area contributed by atoms with E-state index in [2.05, 4.69) is 21.9 Å². The van der Waals surface area contributed by atoms with E-state index in [1.165, 1.54) is 0 Å². The summed E-state index contributed by atoms with van der Waals surface area (Å²) in [6.45, 7) is 3.51. The lowest BCUT2D eigenvalue weighted by Crippen LogP contribution is -2.36. The molecular weight excluding hydrogens is 336 g/mol. The van der Waals surface area contributed by atoms with Crippen LogP contribution in [0.25, 0.3) is 10.9 Å². The minimum absolute atomic E-state index is 0.0553. The van der Waals surface area contributed by atoms with Gasteiger partial charge >= 0.3 is 0 Å². The number of halogens is 1. The molecule has 25 heavy (non-hydrogen) atoms. The Labute approximate surface area is 152 Å².